The predicted molar refractivity (Wildman–Crippen MR) is 73.8 cm³/mol. The molecule has 0 amide bonds. The van der Waals surface area contributed by atoms with Crippen molar-refractivity contribution < 1.29 is 19.0 Å². The molecule has 2 aromatic carbocycles. The first kappa shape index (κ1) is 14.7. The smallest absolute Gasteiger partial charge is 0.337 e. The van der Waals surface area contributed by atoms with Crippen LogP contribution in [0.3, 0.4) is 0 Å². The summed E-state index contributed by atoms with van der Waals surface area (Å²) in [6.45, 7) is -0.263. The van der Waals surface area contributed by atoms with Crippen molar-refractivity contribution in [2.45, 2.75) is 6.61 Å². The molecule has 0 spiro atoms. The van der Waals surface area contributed by atoms with Crippen molar-refractivity contribution in [3.63, 3.8) is 0 Å². The Kier molecular flexibility index (Phi) is 4.31. The fourth-order valence-electron chi connectivity index (χ4n) is 2.04. The van der Waals surface area contributed by atoms with Gasteiger partial charge in [0.25, 0.3) is 0 Å². The zero-order chi connectivity index (χ0) is 15.4. The van der Waals surface area contributed by atoms with E-state index in [1.54, 1.807) is 12.1 Å². The molecule has 0 fully saturated rings. The Morgan fingerprint density at radius 2 is 2.10 bits per heavy atom. The third kappa shape index (κ3) is 3.07. The van der Waals surface area contributed by atoms with Crippen LogP contribution in [0.2, 0.25) is 0 Å². The number of rotatable bonds is 3. The summed E-state index contributed by atoms with van der Waals surface area (Å²) in [6, 6.07) is 10.4. The van der Waals surface area contributed by atoms with Crippen LogP contribution in [0.25, 0.3) is 11.1 Å². The number of nitrogens with zero attached hydrogens (tertiary/aromatic N) is 1. The Bertz CT molecular complexity index is 735. The molecule has 0 aliphatic heterocycles. The number of benzene rings is 2. The highest BCUT2D eigenvalue weighted by Crippen LogP contribution is 2.27. The third-order valence-electron chi connectivity index (χ3n) is 3.01. The van der Waals surface area contributed by atoms with Crippen LogP contribution < -0.4 is 0 Å². The van der Waals surface area contributed by atoms with E-state index in [9.17, 15) is 14.3 Å². The van der Waals surface area contributed by atoms with Gasteiger partial charge in [-0.15, -0.1) is 0 Å². The monoisotopic (exact) mass is 285 g/mol. The quantitative estimate of drug-likeness (QED) is 0.880. The number of esters is 1. The Labute approximate surface area is 121 Å². The minimum Gasteiger partial charge on any atom is -0.465 e. The molecule has 0 radical (unpaired) electrons. The van der Waals surface area contributed by atoms with E-state index < -0.39 is 11.8 Å². The van der Waals surface area contributed by atoms with Gasteiger partial charge >= 0.3 is 5.97 Å². The molecule has 0 atom stereocenters. The molecule has 4 nitrogen and oxygen atoms in total. The zero-order valence-electron chi connectivity index (χ0n) is 11.3. The zero-order valence-corrected chi connectivity index (χ0v) is 11.3. The van der Waals surface area contributed by atoms with Gasteiger partial charge in [-0.1, -0.05) is 6.07 Å². The van der Waals surface area contributed by atoms with Crippen LogP contribution in [-0.2, 0) is 11.3 Å². The van der Waals surface area contributed by atoms with Gasteiger partial charge in [-0.05, 0) is 47.0 Å². The SMILES string of the molecule is COC(=O)c1cc(CO)cc(-c2ccc(F)cc2C#N)c1. The molecule has 1 N–H and O–H groups in total. The molecule has 0 bridgehead atoms. The Hall–Kier alpha value is -2.71. The van der Waals surface area contributed by atoms with Crippen LogP contribution in [0.4, 0.5) is 4.39 Å². The van der Waals surface area contributed by atoms with E-state index in [1.165, 1.54) is 25.3 Å². The predicted octanol–water partition coefficient (Wildman–Crippen LogP) is 2.64. The van der Waals surface area contributed by atoms with Gasteiger partial charge in [-0.2, -0.15) is 5.26 Å². The summed E-state index contributed by atoms with van der Waals surface area (Å²) in [5, 5.41) is 18.4. The topological polar surface area (TPSA) is 70.3 Å². The lowest BCUT2D eigenvalue weighted by Crippen LogP contribution is -2.03. The highest BCUT2D eigenvalue weighted by Gasteiger charge is 2.12. The number of halogens is 1. The molecule has 0 saturated heterocycles. The summed E-state index contributed by atoms with van der Waals surface area (Å²) in [6.07, 6.45) is 0. The van der Waals surface area contributed by atoms with Crippen LogP contribution in [0.1, 0.15) is 21.5 Å². The number of aliphatic hydroxyl groups excluding tert-OH is 1. The normalized spacial score (nSPS) is 10.0. The lowest BCUT2D eigenvalue weighted by atomic mass is 9.96. The first-order valence-corrected chi connectivity index (χ1v) is 6.12. The lowest BCUT2D eigenvalue weighted by molar-refractivity contribution is 0.0600. The molecule has 2 rings (SSSR count). The minimum atomic E-state index is -0.549. The molecule has 106 valence electrons. The second-order valence-electron chi connectivity index (χ2n) is 4.37. The molecule has 0 unspecified atom stereocenters. The molecule has 2 aromatic rings. The first-order valence-electron chi connectivity index (χ1n) is 6.12. The van der Waals surface area contributed by atoms with Gasteiger partial charge in [0, 0.05) is 0 Å². The average Bonchev–Trinajstić information content (AvgIpc) is 2.53. The molecule has 0 heterocycles. The van der Waals surface area contributed by atoms with Crippen molar-refractivity contribution in [1.82, 2.24) is 0 Å². The van der Waals surface area contributed by atoms with Gasteiger partial charge in [0.1, 0.15) is 5.82 Å². The molecule has 0 aliphatic carbocycles. The molecule has 5 heteroatoms. The molecular weight excluding hydrogens is 273 g/mol. The van der Waals surface area contributed by atoms with Crippen molar-refractivity contribution >= 4 is 5.97 Å². The second-order valence-corrected chi connectivity index (χ2v) is 4.37. The van der Waals surface area contributed by atoms with E-state index >= 15 is 0 Å². The number of aliphatic hydroxyl groups is 1. The van der Waals surface area contributed by atoms with Gasteiger partial charge in [-0.3, -0.25) is 0 Å². The van der Waals surface area contributed by atoms with Crippen molar-refractivity contribution in [2.75, 3.05) is 7.11 Å². The maximum Gasteiger partial charge on any atom is 0.337 e. The summed E-state index contributed by atoms with van der Waals surface area (Å²) in [4.78, 5) is 11.6. The first-order chi connectivity index (χ1) is 10.1. The van der Waals surface area contributed by atoms with Crippen molar-refractivity contribution in [3.05, 3.63) is 58.9 Å². The van der Waals surface area contributed by atoms with Gasteiger partial charge in [-0.25, -0.2) is 9.18 Å². The van der Waals surface area contributed by atoms with Crippen molar-refractivity contribution in [3.8, 4) is 17.2 Å². The van der Waals surface area contributed by atoms with E-state index in [4.69, 9.17) is 5.26 Å². The van der Waals surface area contributed by atoms with Crippen LogP contribution in [0.5, 0.6) is 0 Å². The van der Waals surface area contributed by atoms with Crippen LogP contribution >= 0.6 is 0 Å². The fourth-order valence-corrected chi connectivity index (χ4v) is 2.04. The molecule has 21 heavy (non-hydrogen) atoms. The highest BCUT2D eigenvalue weighted by atomic mass is 19.1. The maximum atomic E-state index is 13.2. The molecule has 0 saturated carbocycles. The standard InChI is InChI=1S/C16H12FNO3/c1-21-16(20)12-5-10(9-19)4-11(6-12)15-3-2-14(17)7-13(15)8-18/h2-7,19H,9H2,1H3. The number of carbonyl (C=O) groups is 1. The van der Waals surface area contributed by atoms with Gasteiger partial charge in [0.05, 0.1) is 30.9 Å². The Morgan fingerprint density at radius 1 is 1.33 bits per heavy atom. The summed E-state index contributed by atoms with van der Waals surface area (Å²) in [5.41, 5.74) is 1.94. The van der Waals surface area contributed by atoms with Crippen molar-refractivity contribution in [1.29, 1.82) is 5.26 Å². The summed E-state index contributed by atoms with van der Waals surface area (Å²) in [5.74, 6) is -1.06. The van der Waals surface area contributed by atoms with Crippen LogP contribution in [0, 0.1) is 17.1 Å². The summed E-state index contributed by atoms with van der Waals surface area (Å²) in [7, 11) is 1.26. The number of ether oxygens (including phenoxy) is 1. The lowest BCUT2D eigenvalue weighted by Gasteiger charge is -2.09. The number of methoxy groups -OCH3 is 1. The fraction of sp³-hybridized carbons (Fsp3) is 0.125. The number of carbonyl (C=O) groups excluding carboxylic acids is 1. The Balaban J connectivity index is 2.64. The average molecular weight is 285 g/mol. The van der Waals surface area contributed by atoms with Crippen LogP contribution in [0.15, 0.2) is 36.4 Å². The largest absolute Gasteiger partial charge is 0.465 e. The number of nitriles is 1. The number of hydrogen-bond donors (Lipinski definition) is 1. The van der Waals surface area contributed by atoms with Crippen molar-refractivity contribution in [2.24, 2.45) is 0 Å². The second kappa shape index (κ2) is 6.16. The van der Waals surface area contributed by atoms with E-state index in [2.05, 4.69) is 4.74 Å². The highest BCUT2D eigenvalue weighted by molar-refractivity contribution is 5.91. The van der Waals surface area contributed by atoms with Crippen LogP contribution in [-0.4, -0.2) is 18.2 Å². The minimum absolute atomic E-state index is 0.154. The maximum absolute atomic E-state index is 13.2. The summed E-state index contributed by atoms with van der Waals surface area (Å²) < 4.78 is 17.8. The van der Waals surface area contributed by atoms with Gasteiger partial charge in [0.2, 0.25) is 0 Å². The summed E-state index contributed by atoms with van der Waals surface area (Å²) >= 11 is 0. The molecule has 0 aliphatic rings. The molecule has 0 aromatic heterocycles. The van der Waals surface area contributed by atoms with Gasteiger partial charge < -0.3 is 9.84 Å². The number of hydrogen-bond acceptors (Lipinski definition) is 4. The van der Waals surface area contributed by atoms with E-state index in [0.717, 1.165) is 6.07 Å². The molecular formula is C16H12FNO3. The van der Waals surface area contributed by atoms with E-state index in [0.29, 0.717) is 16.7 Å². The third-order valence-corrected chi connectivity index (χ3v) is 3.01. The van der Waals surface area contributed by atoms with E-state index in [1.807, 2.05) is 6.07 Å². The van der Waals surface area contributed by atoms with Gasteiger partial charge in [0.15, 0.2) is 0 Å². The Morgan fingerprint density at radius 3 is 2.71 bits per heavy atom. The van der Waals surface area contributed by atoms with E-state index in [-0.39, 0.29) is 17.7 Å².